The number of benzene rings is 1. The molecule has 2 aromatic rings. The SMILES string of the molecule is CCC1CCCCN1C(=O)c1ccc(NCc2cccc(C)c2)nn1. The number of hydrogen-bond donors (Lipinski definition) is 1. The van der Waals surface area contributed by atoms with Gasteiger partial charge in [0.15, 0.2) is 5.69 Å². The number of hydrogen-bond acceptors (Lipinski definition) is 4. The van der Waals surface area contributed by atoms with Crippen molar-refractivity contribution < 1.29 is 4.79 Å². The van der Waals surface area contributed by atoms with E-state index in [0.29, 0.717) is 24.1 Å². The van der Waals surface area contributed by atoms with Crippen LogP contribution in [0.1, 0.15) is 54.2 Å². The van der Waals surface area contributed by atoms with Gasteiger partial charge < -0.3 is 10.2 Å². The predicted octanol–water partition coefficient (Wildman–Crippen LogP) is 3.80. The zero-order chi connectivity index (χ0) is 17.6. The average Bonchev–Trinajstić information content (AvgIpc) is 2.66. The second-order valence-corrected chi connectivity index (χ2v) is 6.70. The first-order chi connectivity index (χ1) is 12.2. The van der Waals surface area contributed by atoms with E-state index in [1.54, 1.807) is 6.07 Å². The molecule has 1 atom stereocenters. The van der Waals surface area contributed by atoms with Crippen LogP contribution in [0.5, 0.6) is 0 Å². The van der Waals surface area contributed by atoms with Crippen molar-refractivity contribution in [2.24, 2.45) is 0 Å². The van der Waals surface area contributed by atoms with Crippen LogP contribution in [0, 0.1) is 6.92 Å². The largest absolute Gasteiger partial charge is 0.365 e. The zero-order valence-corrected chi connectivity index (χ0v) is 15.0. The van der Waals surface area contributed by atoms with Gasteiger partial charge in [0.05, 0.1) is 0 Å². The summed E-state index contributed by atoms with van der Waals surface area (Å²) in [6.45, 7) is 5.73. The molecule has 3 rings (SSSR count). The molecule has 1 saturated heterocycles. The van der Waals surface area contributed by atoms with E-state index in [4.69, 9.17) is 0 Å². The Kier molecular flexibility index (Phi) is 5.64. The molecular formula is C20H26N4O. The van der Waals surface area contributed by atoms with Crippen LogP contribution in [-0.4, -0.2) is 33.6 Å². The minimum absolute atomic E-state index is 0.00397. The highest BCUT2D eigenvalue weighted by molar-refractivity contribution is 5.92. The van der Waals surface area contributed by atoms with Crippen LogP contribution in [0.3, 0.4) is 0 Å². The van der Waals surface area contributed by atoms with E-state index >= 15 is 0 Å². The average molecular weight is 338 g/mol. The molecule has 1 aromatic heterocycles. The van der Waals surface area contributed by atoms with Crippen molar-refractivity contribution in [1.82, 2.24) is 15.1 Å². The number of anilines is 1. The Hall–Kier alpha value is -2.43. The molecule has 1 aliphatic rings. The first-order valence-corrected chi connectivity index (χ1v) is 9.11. The molecule has 1 aliphatic heterocycles. The fourth-order valence-corrected chi connectivity index (χ4v) is 3.39. The molecule has 1 unspecified atom stereocenters. The second kappa shape index (κ2) is 8.10. The number of amides is 1. The van der Waals surface area contributed by atoms with Gasteiger partial charge in [0.1, 0.15) is 5.82 Å². The lowest BCUT2D eigenvalue weighted by Crippen LogP contribution is -2.43. The Morgan fingerprint density at radius 2 is 2.12 bits per heavy atom. The first kappa shape index (κ1) is 17.4. The number of likely N-dealkylation sites (tertiary alicyclic amines) is 1. The van der Waals surface area contributed by atoms with Crippen molar-refractivity contribution in [3.8, 4) is 0 Å². The highest BCUT2D eigenvalue weighted by Gasteiger charge is 2.27. The minimum Gasteiger partial charge on any atom is -0.365 e. The quantitative estimate of drug-likeness (QED) is 0.901. The van der Waals surface area contributed by atoms with E-state index in [0.717, 1.165) is 25.8 Å². The van der Waals surface area contributed by atoms with Gasteiger partial charge in [-0.05, 0) is 50.3 Å². The Balaban J connectivity index is 1.62. The maximum absolute atomic E-state index is 12.7. The number of piperidine rings is 1. The summed E-state index contributed by atoms with van der Waals surface area (Å²) >= 11 is 0. The van der Waals surface area contributed by atoms with Gasteiger partial charge in [-0.15, -0.1) is 10.2 Å². The molecule has 0 radical (unpaired) electrons. The molecule has 132 valence electrons. The number of nitrogens with zero attached hydrogens (tertiary/aromatic N) is 3. The number of aromatic nitrogens is 2. The molecule has 1 amide bonds. The third-order valence-electron chi connectivity index (χ3n) is 4.80. The Morgan fingerprint density at radius 3 is 2.84 bits per heavy atom. The van der Waals surface area contributed by atoms with Crippen molar-refractivity contribution >= 4 is 11.7 Å². The Labute approximate surface area is 149 Å². The third kappa shape index (κ3) is 4.35. The van der Waals surface area contributed by atoms with E-state index in [1.165, 1.54) is 17.5 Å². The molecule has 5 nitrogen and oxygen atoms in total. The molecule has 25 heavy (non-hydrogen) atoms. The van der Waals surface area contributed by atoms with E-state index in [1.807, 2.05) is 17.0 Å². The monoisotopic (exact) mass is 338 g/mol. The molecule has 1 fully saturated rings. The summed E-state index contributed by atoms with van der Waals surface area (Å²) in [6, 6.07) is 12.3. The maximum atomic E-state index is 12.7. The van der Waals surface area contributed by atoms with E-state index < -0.39 is 0 Å². The smallest absolute Gasteiger partial charge is 0.274 e. The van der Waals surface area contributed by atoms with Crippen LogP contribution < -0.4 is 5.32 Å². The summed E-state index contributed by atoms with van der Waals surface area (Å²) in [4.78, 5) is 14.7. The number of nitrogens with one attached hydrogen (secondary N) is 1. The molecule has 0 saturated carbocycles. The second-order valence-electron chi connectivity index (χ2n) is 6.70. The fourth-order valence-electron chi connectivity index (χ4n) is 3.39. The van der Waals surface area contributed by atoms with Crippen molar-refractivity contribution in [1.29, 1.82) is 0 Å². The van der Waals surface area contributed by atoms with Crippen molar-refractivity contribution in [2.45, 2.75) is 52.1 Å². The van der Waals surface area contributed by atoms with Crippen LogP contribution in [0.15, 0.2) is 36.4 Å². The highest BCUT2D eigenvalue weighted by Crippen LogP contribution is 2.21. The normalized spacial score (nSPS) is 17.4. The van der Waals surface area contributed by atoms with E-state index in [9.17, 15) is 4.79 Å². The molecule has 0 bridgehead atoms. The predicted molar refractivity (Wildman–Crippen MR) is 99.5 cm³/mol. The molecular weight excluding hydrogens is 312 g/mol. The van der Waals surface area contributed by atoms with Crippen LogP contribution in [0.4, 0.5) is 5.82 Å². The fraction of sp³-hybridized carbons (Fsp3) is 0.450. The van der Waals surface area contributed by atoms with Crippen LogP contribution >= 0.6 is 0 Å². The molecule has 1 N–H and O–H groups in total. The lowest BCUT2D eigenvalue weighted by atomic mass is 9.99. The number of aryl methyl sites for hydroxylation is 1. The van der Waals surface area contributed by atoms with Crippen LogP contribution in [0.2, 0.25) is 0 Å². The maximum Gasteiger partial charge on any atom is 0.274 e. The van der Waals surface area contributed by atoms with E-state index in [-0.39, 0.29) is 5.91 Å². The van der Waals surface area contributed by atoms with Gasteiger partial charge in [0.2, 0.25) is 0 Å². The molecule has 0 aliphatic carbocycles. The zero-order valence-electron chi connectivity index (χ0n) is 15.0. The summed E-state index contributed by atoms with van der Waals surface area (Å²) in [6.07, 6.45) is 4.36. The molecule has 2 heterocycles. The Bertz CT molecular complexity index is 714. The third-order valence-corrected chi connectivity index (χ3v) is 4.80. The molecule has 0 spiro atoms. The van der Waals surface area contributed by atoms with E-state index in [2.05, 4.69) is 47.6 Å². The van der Waals surface area contributed by atoms with Gasteiger partial charge in [0, 0.05) is 19.1 Å². The van der Waals surface area contributed by atoms with Crippen molar-refractivity contribution in [3.05, 3.63) is 53.2 Å². The summed E-state index contributed by atoms with van der Waals surface area (Å²) in [7, 11) is 0. The summed E-state index contributed by atoms with van der Waals surface area (Å²) < 4.78 is 0. The van der Waals surface area contributed by atoms with Gasteiger partial charge in [0.25, 0.3) is 5.91 Å². The summed E-state index contributed by atoms with van der Waals surface area (Å²) in [5, 5.41) is 11.6. The van der Waals surface area contributed by atoms with Gasteiger partial charge in [-0.1, -0.05) is 36.8 Å². The summed E-state index contributed by atoms with van der Waals surface area (Å²) in [5.41, 5.74) is 2.86. The first-order valence-electron chi connectivity index (χ1n) is 9.11. The summed E-state index contributed by atoms with van der Waals surface area (Å²) in [5.74, 6) is 0.688. The number of carbonyl (C=O) groups is 1. The Morgan fingerprint density at radius 1 is 1.24 bits per heavy atom. The number of rotatable bonds is 5. The van der Waals surface area contributed by atoms with Crippen LogP contribution in [-0.2, 0) is 6.54 Å². The number of carbonyl (C=O) groups excluding carboxylic acids is 1. The lowest BCUT2D eigenvalue weighted by molar-refractivity contribution is 0.0601. The molecule has 5 heteroatoms. The van der Waals surface area contributed by atoms with Gasteiger partial charge in [-0.3, -0.25) is 4.79 Å². The molecule has 1 aromatic carbocycles. The van der Waals surface area contributed by atoms with Crippen molar-refractivity contribution in [2.75, 3.05) is 11.9 Å². The van der Waals surface area contributed by atoms with Crippen molar-refractivity contribution in [3.63, 3.8) is 0 Å². The van der Waals surface area contributed by atoms with Gasteiger partial charge in [-0.25, -0.2) is 0 Å². The van der Waals surface area contributed by atoms with Gasteiger partial charge >= 0.3 is 0 Å². The lowest BCUT2D eigenvalue weighted by Gasteiger charge is -2.34. The van der Waals surface area contributed by atoms with Crippen LogP contribution in [0.25, 0.3) is 0 Å². The highest BCUT2D eigenvalue weighted by atomic mass is 16.2. The standard InChI is InChI=1S/C20H26N4O/c1-3-17-9-4-5-12-24(17)20(25)18-10-11-19(23-22-18)21-14-16-8-6-7-15(2)13-16/h6-8,10-11,13,17H,3-5,9,12,14H2,1-2H3,(H,21,23). The minimum atomic E-state index is 0.00397. The van der Waals surface area contributed by atoms with Gasteiger partial charge in [-0.2, -0.15) is 0 Å². The topological polar surface area (TPSA) is 58.1 Å².